The lowest BCUT2D eigenvalue weighted by molar-refractivity contribution is 0.514. The Hall–Kier alpha value is 0.290. The Labute approximate surface area is 31.0 Å². The number of hydrogen-bond donors (Lipinski definition) is 1. The first kappa shape index (κ1) is 5.29. The van der Waals surface area contributed by atoms with Crippen molar-refractivity contribution in [2.45, 2.75) is 0 Å². The smallest absolute Gasteiger partial charge is 0.276 e. The molecule has 0 amide bonds. The molecule has 0 bridgehead atoms. The molecule has 0 saturated heterocycles. The minimum atomic E-state index is -2.71. The minimum Gasteiger partial charge on any atom is -0.338 e. The van der Waals surface area contributed by atoms with Crippen molar-refractivity contribution in [3.63, 3.8) is 0 Å². The molecule has 0 aliphatic heterocycles. The van der Waals surface area contributed by atoms with Crippen molar-refractivity contribution in [3.05, 3.63) is 0 Å². The first-order valence-electron chi connectivity index (χ1n) is 0.834. The fraction of sp³-hybridized carbons (Fsp3) is 0. The third-order valence-corrected chi connectivity index (χ3v) is 0.703. The third kappa shape index (κ3) is 4.29. The van der Waals surface area contributed by atoms with Gasteiger partial charge in [-0.05, 0) is 0 Å². The number of hydrogen-bond acceptors (Lipinski definition) is 2. The van der Waals surface area contributed by atoms with E-state index >= 15 is 0 Å². The molecule has 0 spiro atoms. The molecule has 0 aromatic heterocycles. The molecule has 1 N–H and O–H groups in total. The van der Waals surface area contributed by atoms with E-state index in [-0.39, 0.29) is 0 Å². The van der Waals surface area contributed by atoms with Crippen LogP contribution in [0.4, 0.5) is 0 Å². The molecule has 5 heavy (non-hydrogen) atoms. The van der Waals surface area contributed by atoms with E-state index in [9.17, 15) is 4.57 Å². The van der Waals surface area contributed by atoms with Crippen LogP contribution >= 0.6 is 15.9 Å². The topological polar surface area (TPSA) is 54.4 Å². The van der Waals surface area contributed by atoms with Gasteiger partial charge in [-0.3, -0.25) is 9.13 Å². The highest BCUT2D eigenvalue weighted by Crippen LogP contribution is 2.28. The van der Waals surface area contributed by atoms with Crippen LogP contribution in [0.15, 0.2) is 0 Å². The molecule has 1 unspecified atom stereocenters. The van der Waals surface area contributed by atoms with Crippen molar-refractivity contribution in [1.82, 2.24) is 0 Å². The Morgan fingerprint density at radius 3 is 2.00 bits per heavy atom. The molecule has 0 saturated carbocycles. The summed E-state index contributed by atoms with van der Waals surface area (Å²) in [7, 11) is -3.36. The molecule has 0 aromatic carbocycles. The summed E-state index contributed by atoms with van der Waals surface area (Å²) in [5.41, 5.74) is 0. The van der Waals surface area contributed by atoms with Gasteiger partial charge in [0.1, 0.15) is 0 Å². The van der Waals surface area contributed by atoms with Crippen LogP contribution in [0.1, 0.15) is 0 Å². The molecule has 0 aliphatic carbocycles. The van der Waals surface area contributed by atoms with E-state index in [2.05, 4.69) is 0 Å². The lowest BCUT2D eigenvalue weighted by Gasteiger charge is -1.59. The van der Waals surface area contributed by atoms with Crippen molar-refractivity contribution >= 4 is 15.9 Å². The summed E-state index contributed by atoms with van der Waals surface area (Å²) < 4.78 is 18.3. The second kappa shape index (κ2) is 2.52. The van der Waals surface area contributed by atoms with Gasteiger partial charge in [0.15, 0.2) is 0 Å². The first-order chi connectivity index (χ1) is 2.27. The molecule has 30 valence electrons. The Morgan fingerprint density at radius 1 is 1.80 bits per heavy atom. The van der Waals surface area contributed by atoms with E-state index < -0.39 is 15.9 Å². The Morgan fingerprint density at radius 2 is 2.00 bits per heavy atom. The summed E-state index contributed by atoms with van der Waals surface area (Å²) in [5, 5.41) is 0. The fourth-order valence-electron chi connectivity index (χ4n) is 0. The van der Waals surface area contributed by atoms with Crippen LogP contribution in [0.3, 0.4) is 0 Å². The van der Waals surface area contributed by atoms with E-state index in [1.807, 2.05) is 0 Å². The molecule has 0 fully saturated rings. The van der Waals surface area contributed by atoms with E-state index in [1.54, 1.807) is 0 Å². The molecule has 0 radical (unpaired) electrons. The van der Waals surface area contributed by atoms with Gasteiger partial charge in [-0.1, -0.05) is 0 Å². The van der Waals surface area contributed by atoms with Gasteiger partial charge in [0.2, 0.25) is 8.15 Å². The molecule has 0 heterocycles. The molecule has 0 rings (SSSR count). The summed E-state index contributed by atoms with van der Waals surface area (Å²) in [6.45, 7) is 0. The van der Waals surface area contributed by atoms with Gasteiger partial charge in [0.05, 0.1) is 0 Å². The first-order valence-corrected chi connectivity index (χ1v) is 3.84. The predicted octanol–water partition coefficient (Wildman–Crippen LogP) is 0.660. The Kier molecular flexibility index (Phi) is 2.67. The maximum absolute atomic E-state index is 9.23. The molecular formula is H2O3P2. The van der Waals surface area contributed by atoms with Crippen molar-refractivity contribution in [2.24, 2.45) is 0 Å². The summed E-state index contributed by atoms with van der Waals surface area (Å²) in [6, 6.07) is 0. The Bertz CT molecular complexity index is 55.9. The summed E-state index contributed by atoms with van der Waals surface area (Å²) in [6.07, 6.45) is 0. The van der Waals surface area contributed by atoms with E-state index in [4.69, 9.17) is 9.46 Å². The highest BCUT2D eigenvalue weighted by atomic mass is 32.0. The lowest BCUT2D eigenvalue weighted by atomic mass is 15.9. The average molecular weight is 112 g/mol. The van der Waals surface area contributed by atoms with Crippen LogP contribution in [0.25, 0.3) is 0 Å². The quantitative estimate of drug-likeness (QED) is 0.507. The fourth-order valence-corrected chi connectivity index (χ4v) is 0. The molecule has 5 heteroatoms. The van der Waals surface area contributed by atoms with Gasteiger partial charge in [-0.25, -0.2) is 0 Å². The van der Waals surface area contributed by atoms with Gasteiger partial charge < -0.3 is 4.89 Å². The third-order valence-electron chi connectivity index (χ3n) is 0.0781. The molecule has 1 atom stereocenters. The van der Waals surface area contributed by atoms with Gasteiger partial charge in [0, 0.05) is 0 Å². The number of rotatable bonds is 1. The Balaban J connectivity index is 3.20. The maximum atomic E-state index is 9.23. The molecule has 3 nitrogen and oxygen atoms in total. The normalized spacial score (nSPS) is 15.4. The van der Waals surface area contributed by atoms with Gasteiger partial charge in [-0.2, -0.15) is 0 Å². The van der Waals surface area contributed by atoms with Crippen LogP contribution < -0.4 is 0 Å². The van der Waals surface area contributed by atoms with Crippen molar-refractivity contribution in [2.75, 3.05) is 0 Å². The largest absolute Gasteiger partial charge is 0.338 e. The SMILES string of the molecule is O=P[PH](=O)O. The standard InChI is InChI=1S/H2O3P2/c1-4-5(2)3/h5H,(H,2,3). The lowest BCUT2D eigenvalue weighted by Crippen LogP contribution is -1.24. The molecule has 0 aliphatic rings. The summed E-state index contributed by atoms with van der Waals surface area (Å²) in [4.78, 5) is 7.58. The zero-order valence-electron chi connectivity index (χ0n) is 2.21. The van der Waals surface area contributed by atoms with Gasteiger partial charge in [0.25, 0.3) is 7.72 Å². The van der Waals surface area contributed by atoms with Crippen LogP contribution in [0, 0.1) is 0 Å². The predicted molar refractivity (Wildman–Crippen MR) is 18.8 cm³/mol. The van der Waals surface area contributed by atoms with E-state index in [0.29, 0.717) is 0 Å². The summed E-state index contributed by atoms with van der Waals surface area (Å²) in [5.74, 6) is 0. The van der Waals surface area contributed by atoms with Crippen LogP contribution in [0.2, 0.25) is 0 Å². The van der Waals surface area contributed by atoms with Gasteiger partial charge >= 0.3 is 0 Å². The van der Waals surface area contributed by atoms with E-state index in [0.717, 1.165) is 0 Å². The van der Waals surface area contributed by atoms with Crippen LogP contribution in [-0.4, -0.2) is 4.89 Å². The second-order valence-corrected chi connectivity index (χ2v) is 2.82. The maximum Gasteiger partial charge on any atom is 0.276 e. The van der Waals surface area contributed by atoms with Crippen LogP contribution in [-0.2, 0) is 9.13 Å². The zero-order valence-corrected chi connectivity index (χ0v) is 4.11. The average Bonchev–Trinajstić information content (AvgIpc) is 1.38. The highest BCUT2D eigenvalue weighted by Gasteiger charge is 1.77. The minimum absolute atomic E-state index is 0.651. The highest BCUT2D eigenvalue weighted by molar-refractivity contribution is 8.06. The zero-order chi connectivity index (χ0) is 4.28. The van der Waals surface area contributed by atoms with E-state index in [1.165, 1.54) is 0 Å². The van der Waals surface area contributed by atoms with Crippen molar-refractivity contribution in [3.8, 4) is 0 Å². The van der Waals surface area contributed by atoms with Crippen molar-refractivity contribution in [1.29, 1.82) is 0 Å². The van der Waals surface area contributed by atoms with Crippen molar-refractivity contribution < 1.29 is 14.0 Å². The van der Waals surface area contributed by atoms with Gasteiger partial charge in [-0.15, -0.1) is 0 Å². The molecular weight excluding hydrogens is 110 g/mol. The monoisotopic (exact) mass is 112 g/mol. The second-order valence-electron chi connectivity index (χ2n) is 0.374. The van der Waals surface area contributed by atoms with Crippen LogP contribution in [0.5, 0.6) is 0 Å². The summed E-state index contributed by atoms with van der Waals surface area (Å²) >= 11 is 0. The molecule has 0 aromatic rings.